The number of carboxylic acids is 1. The lowest BCUT2D eigenvalue weighted by Crippen LogP contribution is -2.54. The first kappa shape index (κ1) is 15.3. The van der Waals surface area contributed by atoms with Crippen LogP contribution in [0.25, 0.3) is 0 Å². The maximum atomic E-state index is 11.7. The Balaban J connectivity index is 1.91. The largest absolute Gasteiger partial charge is 0.480 e. The van der Waals surface area contributed by atoms with Crippen molar-refractivity contribution in [2.45, 2.75) is 50.3 Å². The van der Waals surface area contributed by atoms with E-state index >= 15 is 0 Å². The van der Waals surface area contributed by atoms with Crippen LogP contribution in [0.3, 0.4) is 0 Å². The molecule has 112 valence electrons. The number of aromatic nitrogens is 2. The summed E-state index contributed by atoms with van der Waals surface area (Å²) in [6.45, 7) is 4.39. The molecule has 2 atom stereocenters. The van der Waals surface area contributed by atoms with Crippen LogP contribution < -0.4 is 5.32 Å². The average Bonchev–Trinajstić information content (AvgIpc) is 2.98. The van der Waals surface area contributed by atoms with Crippen LogP contribution in [0.4, 0.5) is 0 Å². The minimum atomic E-state index is -0.750. The van der Waals surface area contributed by atoms with Crippen LogP contribution in [0.5, 0.6) is 0 Å². The zero-order valence-corrected chi connectivity index (χ0v) is 12.7. The van der Waals surface area contributed by atoms with E-state index in [1.807, 2.05) is 6.92 Å². The van der Waals surface area contributed by atoms with Gasteiger partial charge in [0.1, 0.15) is 5.54 Å². The summed E-state index contributed by atoms with van der Waals surface area (Å²) in [5.41, 5.74) is -0.750. The third-order valence-corrected chi connectivity index (χ3v) is 4.75. The zero-order chi connectivity index (χ0) is 14.6. The predicted octanol–water partition coefficient (Wildman–Crippen LogP) is 2.09. The van der Waals surface area contributed by atoms with E-state index in [0.717, 1.165) is 25.0 Å². The fourth-order valence-corrected chi connectivity index (χ4v) is 3.85. The number of thioether (sulfide) groups is 1. The fraction of sp³-hybridized carbons (Fsp3) is 0.769. The summed E-state index contributed by atoms with van der Waals surface area (Å²) >= 11 is 1.50. The van der Waals surface area contributed by atoms with Crippen molar-refractivity contribution in [3.05, 3.63) is 5.89 Å². The van der Waals surface area contributed by atoms with Gasteiger partial charge in [-0.1, -0.05) is 25.1 Å². The van der Waals surface area contributed by atoms with E-state index in [9.17, 15) is 9.90 Å². The number of aliphatic carboxylic acids is 1. The first-order valence-electron chi connectivity index (χ1n) is 7.00. The van der Waals surface area contributed by atoms with Crippen LogP contribution in [-0.2, 0) is 4.79 Å². The number of carbonyl (C=O) groups is 1. The van der Waals surface area contributed by atoms with Crippen LogP contribution in [0, 0.1) is 12.8 Å². The number of nitrogens with one attached hydrogen (secondary N) is 1. The smallest absolute Gasteiger partial charge is 0.324 e. The molecule has 1 saturated carbocycles. The molecule has 1 aromatic rings. The molecule has 1 aliphatic rings. The Bertz CT molecular complexity index is 465. The van der Waals surface area contributed by atoms with Crippen molar-refractivity contribution in [3.63, 3.8) is 0 Å². The van der Waals surface area contributed by atoms with Crippen molar-refractivity contribution in [1.82, 2.24) is 15.5 Å². The van der Waals surface area contributed by atoms with Crippen LogP contribution in [0.2, 0.25) is 0 Å². The monoisotopic (exact) mass is 299 g/mol. The van der Waals surface area contributed by atoms with E-state index in [-0.39, 0.29) is 5.92 Å². The Morgan fingerprint density at radius 1 is 1.60 bits per heavy atom. The Labute approximate surface area is 122 Å². The van der Waals surface area contributed by atoms with Crippen molar-refractivity contribution in [3.8, 4) is 0 Å². The van der Waals surface area contributed by atoms with Crippen LogP contribution in [0.15, 0.2) is 9.64 Å². The second-order valence-corrected chi connectivity index (χ2v) is 6.17. The molecule has 7 heteroatoms. The summed E-state index contributed by atoms with van der Waals surface area (Å²) in [5, 5.41) is 21.0. The molecular formula is C13H21N3O3S. The minimum Gasteiger partial charge on any atom is -0.480 e. The molecule has 0 saturated heterocycles. The van der Waals surface area contributed by atoms with Gasteiger partial charge in [0.2, 0.25) is 5.89 Å². The second-order valence-electron chi connectivity index (χ2n) is 5.12. The van der Waals surface area contributed by atoms with Crippen LogP contribution >= 0.6 is 11.8 Å². The molecule has 20 heavy (non-hydrogen) atoms. The Hall–Kier alpha value is -1.08. The molecule has 2 N–H and O–H groups in total. The second kappa shape index (κ2) is 6.58. The third-order valence-electron chi connectivity index (χ3n) is 3.89. The predicted molar refractivity (Wildman–Crippen MR) is 75.8 cm³/mol. The molecule has 1 fully saturated rings. The first-order chi connectivity index (χ1) is 9.58. The normalized spacial score (nSPS) is 26.0. The average molecular weight is 299 g/mol. The van der Waals surface area contributed by atoms with E-state index in [1.165, 1.54) is 11.8 Å². The summed E-state index contributed by atoms with van der Waals surface area (Å²) in [4.78, 5) is 11.7. The fourth-order valence-electron chi connectivity index (χ4n) is 3.00. The van der Waals surface area contributed by atoms with Crippen molar-refractivity contribution >= 4 is 17.7 Å². The van der Waals surface area contributed by atoms with Gasteiger partial charge >= 0.3 is 5.97 Å². The lowest BCUT2D eigenvalue weighted by Gasteiger charge is -2.32. The lowest BCUT2D eigenvalue weighted by molar-refractivity contribution is -0.146. The van der Waals surface area contributed by atoms with E-state index in [0.29, 0.717) is 24.1 Å². The van der Waals surface area contributed by atoms with Crippen molar-refractivity contribution < 1.29 is 14.3 Å². The number of carboxylic acid groups (broad SMARTS) is 1. The zero-order valence-electron chi connectivity index (χ0n) is 11.9. The number of nitrogens with zero attached hydrogens (tertiary/aromatic N) is 2. The molecule has 0 amide bonds. The Kier molecular flexibility index (Phi) is 5.04. The molecule has 0 aromatic carbocycles. The van der Waals surface area contributed by atoms with Gasteiger partial charge in [-0.3, -0.25) is 4.79 Å². The highest BCUT2D eigenvalue weighted by molar-refractivity contribution is 7.99. The van der Waals surface area contributed by atoms with Gasteiger partial charge in [-0.15, -0.1) is 10.2 Å². The van der Waals surface area contributed by atoms with Crippen molar-refractivity contribution in [2.75, 3.05) is 12.3 Å². The molecule has 1 aromatic heterocycles. The van der Waals surface area contributed by atoms with E-state index in [4.69, 9.17) is 4.42 Å². The third kappa shape index (κ3) is 3.15. The summed E-state index contributed by atoms with van der Waals surface area (Å²) in [6.07, 6.45) is 3.48. The topological polar surface area (TPSA) is 88.2 Å². The highest BCUT2D eigenvalue weighted by Gasteiger charge is 2.48. The van der Waals surface area contributed by atoms with Gasteiger partial charge in [-0.05, 0) is 31.7 Å². The Morgan fingerprint density at radius 3 is 3.00 bits per heavy atom. The minimum absolute atomic E-state index is 0.163. The number of likely N-dealkylation sites (N-methyl/N-ethyl adjacent to an activating group) is 1. The van der Waals surface area contributed by atoms with Gasteiger partial charge in [-0.25, -0.2) is 0 Å². The van der Waals surface area contributed by atoms with Crippen molar-refractivity contribution in [2.24, 2.45) is 5.92 Å². The van der Waals surface area contributed by atoms with Gasteiger partial charge in [0.05, 0.1) is 0 Å². The van der Waals surface area contributed by atoms with Gasteiger partial charge in [-0.2, -0.15) is 0 Å². The van der Waals surface area contributed by atoms with E-state index in [1.54, 1.807) is 6.92 Å². The van der Waals surface area contributed by atoms with Gasteiger partial charge in [0.15, 0.2) is 0 Å². The molecule has 1 heterocycles. The molecule has 0 aliphatic heterocycles. The number of aryl methyl sites for hydroxylation is 1. The standard InChI is InChI=1S/C13H21N3O3S/c1-3-14-13(11(17)18)7-4-5-10(13)6-8-20-12-16-15-9(2)19-12/h10,14H,3-8H2,1-2H3,(H,17,18). The molecule has 0 bridgehead atoms. The highest BCUT2D eigenvalue weighted by Crippen LogP contribution is 2.39. The van der Waals surface area contributed by atoms with Gasteiger partial charge in [0, 0.05) is 12.7 Å². The highest BCUT2D eigenvalue weighted by atomic mass is 32.2. The molecule has 2 unspecified atom stereocenters. The summed E-state index contributed by atoms with van der Waals surface area (Å²) < 4.78 is 5.30. The van der Waals surface area contributed by atoms with Gasteiger partial charge < -0.3 is 14.8 Å². The quantitative estimate of drug-likeness (QED) is 0.745. The first-order valence-corrected chi connectivity index (χ1v) is 7.98. The molecule has 1 aliphatic carbocycles. The molecule has 0 radical (unpaired) electrons. The summed E-state index contributed by atoms with van der Waals surface area (Å²) in [7, 11) is 0. The number of hydrogen-bond donors (Lipinski definition) is 2. The summed E-state index contributed by atoms with van der Waals surface area (Å²) in [5.74, 6) is 0.796. The molecule has 6 nitrogen and oxygen atoms in total. The lowest BCUT2D eigenvalue weighted by atomic mass is 9.85. The van der Waals surface area contributed by atoms with Crippen molar-refractivity contribution in [1.29, 1.82) is 0 Å². The molecule has 0 spiro atoms. The SMILES string of the molecule is CCNC1(C(=O)O)CCCC1CCSc1nnc(C)o1. The number of hydrogen-bond acceptors (Lipinski definition) is 6. The Morgan fingerprint density at radius 2 is 2.40 bits per heavy atom. The van der Waals surface area contributed by atoms with Gasteiger partial charge in [0.25, 0.3) is 5.22 Å². The molecular weight excluding hydrogens is 278 g/mol. The molecule has 2 rings (SSSR count). The summed E-state index contributed by atoms with van der Waals surface area (Å²) in [6, 6.07) is 0. The number of rotatable bonds is 7. The van der Waals surface area contributed by atoms with Crippen LogP contribution in [-0.4, -0.2) is 39.1 Å². The van der Waals surface area contributed by atoms with Crippen LogP contribution in [0.1, 0.15) is 38.5 Å². The van der Waals surface area contributed by atoms with E-state index in [2.05, 4.69) is 15.5 Å². The maximum absolute atomic E-state index is 11.7. The maximum Gasteiger partial charge on any atom is 0.324 e. The van der Waals surface area contributed by atoms with E-state index < -0.39 is 11.5 Å².